The quantitative estimate of drug-likeness (QED) is 0.00625. The first-order valence-electron chi connectivity index (χ1n) is 49.7. The highest BCUT2D eigenvalue weighted by atomic mass is 31.2. The number of esters is 3. The van der Waals surface area contributed by atoms with Gasteiger partial charge in [-0.2, -0.15) is 15.5 Å². The van der Waals surface area contributed by atoms with Gasteiger partial charge < -0.3 is 116 Å². The van der Waals surface area contributed by atoms with Gasteiger partial charge in [0.05, 0.1) is 121 Å². The van der Waals surface area contributed by atoms with Crippen LogP contribution in [0.1, 0.15) is 232 Å². The van der Waals surface area contributed by atoms with Gasteiger partial charge in [0, 0.05) is 121 Å². The Morgan fingerprint density at radius 1 is 0.503 bits per heavy atom. The summed E-state index contributed by atoms with van der Waals surface area (Å²) in [4.78, 5) is 148. The molecule has 145 heavy (non-hydrogen) atoms. The van der Waals surface area contributed by atoms with Crippen molar-refractivity contribution in [1.29, 1.82) is 10.5 Å². The molecule has 9 rings (SSSR count). The van der Waals surface area contributed by atoms with Gasteiger partial charge >= 0.3 is 17.9 Å². The molecule has 5 aromatic rings. The van der Waals surface area contributed by atoms with Crippen LogP contribution in [-0.2, 0) is 128 Å². The van der Waals surface area contributed by atoms with E-state index in [1.807, 2.05) is 61.5 Å². The highest BCUT2D eigenvalue weighted by Gasteiger charge is 2.54. The molecule has 0 bridgehead atoms. The number of carbonyl (C=O) groups excluding carboxylic acids is 9. The van der Waals surface area contributed by atoms with Gasteiger partial charge in [0.25, 0.3) is 28.5 Å². The van der Waals surface area contributed by atoms with E-state index < -0.39 is 138 Å². The number of hydrogen-bond donors (Lipinski definition) is 7. The molecule has 20 atom stereocenters. The molecule has 49 heteroatoms. The molecule has 808 valence electrons. The first kappa shape index (κ1) is 121. The molecule has 4 aromatic heterocycles. The molecule has 0 spiro atoms. The highest BCUT2D eigenvalue weighted by Crippen LogP contribution is 2.53. The molecule has 0 aliphatic carbocycles. The second-order valence-corrected chi connectivity index (χ2v) is 39.3. The predicted octanol–water partition coefficient (Wildman–Crippen LogP) is 9.66. The highest BCUT2D eigenvalue weighted by molar-refractivity contribution is 7.45. The zero-order chi connectivity index (χ0) is 106. The van der Waals surface area contributed by atoms with Crippen molar-refractivity contribution >= 4 is 104 Å². The van der Waals surface area contributed by atoms with Crippen LogP contribution in [0.2, 0.25) is 0 Å². The lowest BCUT2D eigenvalue weighted by atomic mass is 9.87. The zero-order valence-corrected chi connectivity index (χ0v) is 88.7. The lowest BCUT2D eigenvalue weighted by molar-refractivity contribution is -0.262. The van der Waals surface area contributed by atoms with Crippen molar-refractivity contribution in [2.45, 2.75) is 331 Å². The summed E-state index contributed by atoms with van der Waals surface area (Å²) in [6, 6.07) is 12.0. The summed E-state index contributed by atoms with van der Waals surface area (Å²) in [5.41, 5.74) is 0.826. The number of ether oxygens (including phenoxy) is 15. The minimum Gasteiger partial charge on any atom is -0.463 e. The van der Waals surface area contributed by atoms with Crippen molar-refractivity contribution in [3.05, 3.63) is 65.2 Å². The normalized spacial score (nSPS) is 23.5. The lowest BCUT2D eigenvalue weighted by Crippen LogP contribution is -2.62. The monoisotopic (exact) mass is 2080 g/mol. The van der Waals surface area contributed by atoms with Gasteiger partial charge in [0.15, 0.2) is 53.2 Å². The first-order chi connectivity index (χ1) is 69.4. The van der Waals surface area contributed by atoms with E-state index in [0.29, 0.717) is 74.8 Å². The van der Waals surface area contributed by atoms with Gasteiger partial charge in [-0.05, 0) is 112 Å². The van der Waals surface area contributed by atoms with Crippen LogP contribution in [0.25, 0.3) is 22.3 Å². The molecular formula is C96H150N18O29P2. The maximum Gasteiger partial charge on any atom is 0.303 e. The van der Waals surface area contributed by atoms with Crippen LogP contribution >= 0.6 is 17.1 Å². The third-order valence-electron chi connectivity index (χ3n) is 23.5. The molecule has 0 saturated carbocycles. The summed E-state index contributed by atoms with van der Waals surface area (Å²) in [6.07, 6.45) is -0.927. The number of fused-ring (bicyclic) bond motifs is 2. The Balaban J connectivity index is 0.000000355. The van der Waals surface area contributed by atoms with E-state index in [-0.39, 0.29) is 212 Å². The molecule has 1 aromatic carbocycles. The Hall–Kier alpha value is -9.53. The number of hydrogen-bond acceptors (Lipinski definition) is 38. The molecule has 4 aliphatic rings. The number of imidazole rings is 2. The molecule has 7 N–H and O–H groups in total. The lowest BCUT2D eigenvalue weighted by Gasteiger charge is -2.44. The number of aromatic nitrogens is 8. The number of amides is 6. The minimum atomic E-state index is -1.72. The summed E-state index contributed by atoms with van der Waals surface area (Å²) in [5.74, 6) is -3.94. The summed E-state index contributed by atoms with van der Waals surface area (Å²) >= 11 is 0. The van der Waals surface area contributed by atoms with Gasteiger partial charge in [-0.15, -0.1) is 0 Å². The van der Waals surface area contributed by atoms with E-state index in [0.717, 1.165) is 0 Å². The number of nitriles is 2. The number of benzene rings is 1. The molecule has 8 heterocycles. The van der Waals surface area contributed by atoms with Crippen LogP contribution in [0.5, 0.6) is 0 Å². The van der Waals surface area contributed by atoms with E-state index in [9.17, 15) is 58.5 Å². The molecule has 4 saturated heterocycles. The fourth-order valence-corrected chi connectivity index (χ4v) is 20.3. The molecule has 0 radical (unpaired) electrons. The predicted molar refractivity (Wildman–Crippen MR) is 527 cm³/mol. The van der Waals surface area contributed by atoms with Crippen LogP contribution in [-0.4, -0.2) is 311 Å². The van der Waals surface area contributed by atoms with E-state index in [1.165, 1.54) is 47.3 Å². The topological polar surface area (TPSA) is 562 Å². The van der Waals surface area contributed by atoms with Crippen LogP contribution in [0.4, 0.5) is 11.8 Å². The zero-order valence-electron chi connectivity index (χ0n) is 86.9. The SMILES string of the molecule is CCC1OC(OCCCCC(=O)NCCOCCOCOC2[C@@H](OP(OCCC#N)N(C(C)C)C(C)C)[C@@H](CC)O[C@H]2n2cnc3c(=O)[nH]c(NC(=O)C(C)C)nc32)C(NC(C)=O)C(C)C1OC(C)=O.CC[C@H]1O[C@@H](n2cnc3c(NC(=O)c4ccccc4)ncnc32)C(OCOCCOCCNC(=O)CCCCOC2OC(COC(C)=O)C(OC(C)=O)C(C)C2NC(C)=O)[C@H]1OP(OCCC#N)N(C(C)C)C(C)C. The third-order valence-corrected chi connectivity index (χ3v) is 27.8. The second-order valence-electron chi connectivity index (χ2n) is 36.4. The van der Waals surface area contributed by atoms with Crippen molar-refractivity contribution < 1.29 is 132 Å². The van der Waals surface area contributed by atoms with Crippen LogP contribution in [0.15, 0.2) is 54.1 Å². The summed E-state index contributed by atoms with van der Waals surface area (Å²) in [7, 11) is -3.42. The smallest absolute Gasteiger partial charge is 0.303 e. The van der Waals surface area contributed by atoms with E-state index in [2.05, 4.69) is 111 Å². The van der Waals surface area contributed by atoms with Crippen LogP contribution in [0.3, 0.4) is 0 Å². The van der Waals surface area contributed by atoms with Gasteiger partial charge in [-0.3, -0.25) is 67.4 Å². The number of rotatable bonds is 61. The van der Waals surface area contributed by atoms with Gasteiger partial charge in [-0.25, -0.2) is 29.3 Å². The fourth-order valence-electron chi connectivity index (χ4n) is 16.8. The van der Waals surface area contributed by atoms with E-state index in [1.54, 1.807) is 60.5 Å². The first-order valence-corrected chi connectivity index (χ1v) is 52.0. The number of aromatic amines is 1. The van der Waals surface area contributed by atoms with Crippen molar-refractivity contribution in [2.24, 2.45) is 17.8 Å². The maximum atomic E-state index is 13.1. The Morgan fingerprint density at radius 2 is 0.952 bits per heavy atom. The average Bonchev–Trinajstić information content (AvgIpc) is 1.60. The largest absolute Gasteiger partial charge is 0.463 e. The molecule has 4 aliphatic heterocycles. The number of carbonyl (C=O) groups is 9. The Morgan fingerprint density at radius 3 is 1.39 bits per heavy atom. The van der Waals surface area contributed by atoms with Crippen LogP contribution < -0.4 is 37.5 Å². The summed E-state index contributed by atoms with van der Waals surface area (Å²) in [6.45, 7) is 38.1. The van der Waals surface area contributed by atoms with E-state index >= 15 is 0 Å². The Kier molecular flexibility index (Phi) is 52.2. The van der Waals surface area contributed by atoms with Crippen molar-refractivity contribution in [3.63, 3.8) is 0 Å². The molecule has 6 amide bonds. The van der Waals surface area contributed by atoms with Crippen molar-refractivity contribution in [2.75, 3.05) is 110 Å². The standard InChI is InChI=1S/C50H74N9O15P.C46H76N9O14P/c1-10-38-44(74-75(70-23-16-20-51)59(31(2)3)32(4)5)45(49(72-38)58-29-55-42-46(53-28-54-47(42)58)57-48(64)37-17-12-11-13-18-37)69-30-66-26-25-65-24-21-52-40(63)19-14-15-22-67-50-41(56-34(7)60)33(6)43(71-36(9)62)39(73-50)27-68-35(8)61;1-12-33-38(66-32(11)57)30(9)36(50-31(10)56)45(68-33)63-20-15-14-17-35(58)48-19-22-61-23-24-62-26-64-40-39(69-70(65-21-16-18-47)55(28(5)6)29(7)8)34(13-2)67-44(40)54-25-49-37-41(54)51-46(53-43(37)60)52-42(59)27(3)4/h11-13,17-18,28-29,31-33,38-39,41,43-45,49-50H,10,14-16,19,21-27,30H2,1-9H3,(H,52,63)(H,56,60)(H,53,54,57,64);25,27-30,33-34,36,38-40,44-45H,12-17,19-24,26H2,1-11H3,(H,48,58)(H,50,56)(H2,51,52,53,59,60)/t33?,38-,39?,41?,43?,44+,45?,49-,50?,75?;30?,33?,34-,36?,38?,39+,40?,44-,45?,70?/m11/s1. The van der Waals surface area contributed by atoms with Gasteiger partial charge in [-0.1, -0.05) is 66.7 Å². The van der Waals surface area contributed by atoms with Crippen molar-refractivity contribution in [1.82, 2.24) is 69.6 Å². The number of unbranched alkanes of at least 4 members (excludes halogenated alkanes) is 2. The van der Waals surface area contributed by atoms with Crippen LogP contribution in [0, 0.1) is 40.4 Å². The Labute approximate surface area is 849 Å². The Bertz CT molecular complexity index is 4980. The van der Waals surface area contributed by atoms with E-state index in [4.69, 9.17) is 89.1 Å². The molecule has 4 fully saturated rings. The number of anilines is 2. The third kappa shape index (κ3) is 37.3. The minimum absolute atomic E-state index is 0.0281. The summed E-state index contributed by atoms with van der Waals surface area (Å²) in [5, 5.41) is 35.5. The van der Waals surface area contributed by atoms with Crippen molar-refractivity contribution in [3.8, 4) is 12.1 Å². The number of nitrogens with zero attached hydrogens (tertiary/aromatic N) is 11. The molecule has 47 nitrogen and oxygen atoms in total. The average molecular weight is 2080 g/mol. The number of H-pyrrole nitrogens is 1. The van der Waals surface area contributed by atoms with Gasteiger partial charge in [0.1, 0.15) is 69.2 Å². The summed E-state index contributed by atoms with van der Waals surface area (Å²) < 4.78 is 124. The van der Waals surface area contributed by atoms with Gasteiger partial charge in [0.2, 0.25) is 35.5 Å². The maximum absolute atomic E-state index is 13.1. The fraction of sp³-hybridized carbons (Fsp3) is 0.719. The number of nitrogens with one attached hydrogen (secondary N) is 7. The second kappa shape index (κ2) is 62.7. The molecular weight excluding hydrogens is 1930 g/mol. The molecule has 14 unspecified atom stereocenters.